The summed E-state index contributed by atoms with van der Waals surface area (Å²) in [4.78, 5) is 21.1. The van der Waals surface area contributed by atoms with Crippen LogP contribution in [0.3, 0.4) is 0 Å². The number of ether oxygens (including phenoxy) is 1. The molecule has 1 aromatic heterocycles. The molecule has 1 heterocycles. The molecule has 0 spiro atoms. The molecule has 176 valence electrons. The third-order valence-corrected chi connectivity index (χ3v) is 4.87. The zero-order valence-electron chi connectivity index (χ0n) is 20.5. The Morgan fingerprint density at radius 2 is 1.75 bits per heavy atom. The number of carbonyl (C=O) groups excluding carboxylic acids is 1. The van der Waals surface area contributed by atoms with Crippen LogP contribution in [-0.2, 0) is 11.3 Å². The maximum Gasteiger partial charge on any atom is 0.408 e. The van der Waals surface area contributed by atoms with E-state index in [4.69, 9.17) is 9.15 Å². The first-order valence-corrected chi connectivity index (χ1v) is 10.9. The zero-order chi connectivity index (χ0) is 23.9. The highest BCUT2D eigenvalue weighted by atomic mass is 16.6. The summed E-state index contributed by atoms with van der Waals surface area (Å²) >= 11 is 0. The van der Waals surface area contributed by atoms with Gasteiger partial charge < -0.3 is 25.1 Å². The zero-order valence-corrected chi connectivity index (χ0v) is 20.5. The van der Waals surface area contributed by atoms with Gasteiger partial charge in [-0.05, 0) is 51.7 Å². The van der Waals surface area contributed by atoms with Crippen LogP contribution in [0.1, 0.15) is 75.1 Å². The first kappa shape index (κ1) is 25.2. The molecule has 0 saturated heterocycles. The standard InChI is InChI=1S/C24H37N5O3/c1-15(2)18-9-11-19(12-10-18)20(29-23(30)32-24(5,6)7)13-26-22(25-8)27-14-21-28-16(3)17(4)31-21/h9-12,15,20H,13-14H2,1-8H3,(H,29,30)(H2,25,26,27). The average Bonchev–Trinajstić information content (AvgIpc) is 3.03. The number of hydrogen-bond acceptors (Lipinski definition) is 5. The van der Waals surface area contributed by atoms with Crippen molar-refractivity contribution in [3.63, 3.8) is 0 Å². The summed E-state index contributed by atoms with van der Waals surface area (Å²) < 4.78 is 11.1. The Labute approximate surface area is 191 Å². The van der Waals surface area contributed by atoms with Gasteiger partial charge in [0.1, 0.15) is 11.4 Å². The van der Waals surface area contributed by atoms with Crippen LogP contribution in [0.25, 0.3) is 0 Å². The fourth-order valence-electron chi connectivity index (χ4n) is 3.01. The minimum absolute atomic E-state index is 0.309. The van der Waals surface area contributed by atoms with E-state index < -0.39 is 11.7 Å². The highest BCUT2D eigenvalue weighted by molar-refractivity contribution is 5.79. The molecule has 1 unspecified atom stereocenters. The van der Waals surface area contributed by atoms with Gasteiger partial charge in [-0.15, -0.1) is 0 Å². The molecule has 2 aromatic rings. The molecule has 0 aliphatic heterocycles. The number of nitrogens with zero attached hydrogens (tertiary/aromatic N) is 2. The van der Waals surface area contributed by atoms with Gasteiger partial charge in [-0.2, -0.15) is 0 Å². The summed E-state index contributed by atoms with van der Waals surface area (Å²) in [7, 11) is 1.69. The molecule has 0 aliphatic carbocycles. The van der Waals surface area contributed by atoms with E-state index in [1.165, 1.54) is 5.56 Å². The predicted octanol–water partition coefficient (Wildman–Crippen LogP) is 4.35. The maximum absolute atomic E-state index is 12.4. The SMILES string of the molecule is CN=C(NCc1nc(C)c(C)o1)NCC(NC(=O)OC(C)(C)C)c1ccc(C(C)C)cc1. The molecule has 3 N–H and O–H groups in total. The summed E-state index contributed by atoms with van der Waals surface area (Å²) in [6.45, 7) is 14.5. The maximum atomic E-state index is 12.4. The molecule has 0 bridgehead atoms. The van der Waals surface area contributed by atoms with Crippen LogP contribution in [0.2, 0.25) is 0 Å². The lowest BCUT2D eigenvalue weighted by atomic mass is 9.99. The summed E-state index contributed by atoms with van der Waals surface area (Å²) in [6.07, 6.45) is -0.467. The Hall–Kier alpha value is -3.03. The molecule has 8 heteroatoms. The minimum Gasteiger partial charge on any atom is -0.444 e. The van der Waals surface area contributed by atoms with Crippen molar-refractivity contribution < 1.29 is 13.9 Å². The number of rotatable bonds is 7. The molecular formula is C24H37N5O3. The molecule has 1 atom stereocenters. The third kappa shape index (κ3) is 7.90. The monoisotopic (exact) mass is 443 g/mol. The fourth-order valence-corrected chi connectivity index (χ4v) is 3.01. The van der Waals surface area contributed by atoms with E-state index in [0.29, 0.717) is 30.9 Å². The van der Waals surface area contributed by atoms with Crippen LogP contribution in [-0.4, -0.2) is 36.2 Å². The Bertz CT molecular complexity index is 891. The van der Waals surface area contributed by atoms with Crippen molar-refractivity contribution in [2.24, 2.45) is 4.99 Å². The quantitative estimate of drug-likeness (QED) is 0.435. The first-order valence-electron chi connectivity index (χ1n) is 10.9. The van der Waals surface area contributed by atoms with E-state index in [-0.39, 0.29) is 6.04 Å². The number of aliphatic imine (C=N–C) groups is 1. The Morgan fingerprint density at radius 3 is 2.25 bits per heavy atom. The Morgan fingerprint density at radius 1 is 1.12 bits per heavy atom. The third-order valence-electron chi connectivity index (χ3n) is 4.87. The number of guanidine groups is 1. The van der Waals surface area contributed by atoms with Gasteiger partial charge in [-0.25, -0.2) is 9.78 Å². The molecule has 1 aromatic carbocycles. The van der Waals surface area contributed by atoms with Crippen molar-refractivity contribution in [1.29, 1.82) is 0 Å². The molecule has 2 rings (SSSR count). The van der Waals surface area contributed by atoms with Crippen molar-refractivity contribution in [1.82, 2.24) is 20.9 Å². The van der Waals surface area contributed by atoms with Crippen LogP contribution in [0, 0.1) is 13.8 Å². The highest BCUT2D eigenvalue weighted by Crippen LogP contribution is 2.19. The lowest BCUT2D eigenvalue weighted by Gasteiger charge is -2.25. The van der Waals surface area contributed by atoms with Crippen molar-refractivity contribution in [2.75, 3.05) is 13.6 Å². The number of hydrogen-bond donors (Lipinski definition) is 3. The van der Waals surface area contributed by atoms with Crippen LogP contribution in [0.5, 0.6) is 0 Å². The predicted molar refractivity (Wildman–Crippen MR) is 127 cm³/mol. The van der Waals surface area contributed by atoms with Gasteiger partial charge in [0.05, 0.1) is 18.3 Å². The number of amides is 1. The van der Waals surface area contributed by atoms with Crippen molar-refractivity contribution in [3.8, 4) is 0 Å². The molecule has 8 nitrogen and oxygen atoms in total. The van der Waals surface area contributed by atoms with Gasteiger partial charge in [0.25, 0.3) is 0 Å². The number of carbonyl (C=O) groups is 1. The van der Waals surface area contributed by atoms with Gasteiger partial charge in [-0.1, -0.05) is 38.1 Å². The number of nitrogens with one attached hydrogen (secondary N) is 3. The van der Waals surface area contributed by atoms with E-state index in [0.717, 1.165) is 17.0 Å². The summed E-state index contributed by atoms with van der Waals surface area (Å²) in [5.41, 5.74) is 2.51. The number of benzene rings is 1. The number of aryl methyl sites for hydroxylation is 2. The van der Waals surface area contributed by atoms with E-state index in [1.54, 1.807) is 7.05 Å². The molecule has 1 amide bonds. The molecule has 0 radical (unpaired) electrons. The molecule has 0 saturated carbocycles. The topological polar surface area (TPSA) is 101 Å². The van der Waals surface area contributed by atoms with Crippen LogP contribution in [0.4, 0.5) is 4.79 Å². The average molecular weight is 444 g/mol. The fraction of sp³-hybridized carbons (Fsp3) is 0.542. The Balaban J connectivity index is 2.07. The van der Waals surface area contributed by atoms with Gasteiger partial charge in [0, 0.05) is 13.6 Å². The smallest absolute Gasteiger partial charge is 0.408 e. The lowest BCUT2D eigenvalue weighted by Crippen LogP contribution is -2.44. The van der Waals surface area contributed by atoms with E-state index >= 15 is 0 Å². The van der Waals surface area contributed by atoms with Gasteiger partial charge >= 0.3 is 6.09 Å². The van der Waals surface area contributed by atoms with Gasteiger partial charge in [0.2, 0.25) is 5.89 Å². The minimum atomic E-state index is -0.576. The van der Waals surface area contributed by atoms with E-state index in [1.807, 2.05) is 46.8 Å². The number of aromatic nitrogens is 1. The molecule has 32 heavy (non-hydrogen) atoms. The van der Waals surface area contributed by atoms with E-state index in [2.05, 4.69) is 51.9 Å². The summed E-state index contributed by atoms with van der Waals surface area (Å²) in [5.74, 6) is 2.41. The van der Waals surface area contributed by atoms with Crippen molar-refractivity contribution in [3.05, 3.63) is 52.7 Å². The van der Waals surface area contributed by atoms with Crippen LogP contribution < -0.4 is 16.0 Å². The lowest BCUT2D eigenvalue weighted by molar-refractivity contribution is 0.0504. The van der Waals surface area contributed by atoms with Crippen molar-refractivity contribution >= 4 is 12.1 Å². The number of alkyl carbamates (subject to hydrolysis) is 1. The second-order valence-corrected chi connectivity index (χ2v) is 9.08. The van der Waals surface area contributed by atoms with Crippen molar-refractivity contribution in [2.45, 2.75) is 72.6 Å². The van der Waals surface area contributed by atoms with Gasteiger partial charge in [-0.3, -0.25) is 4.99 Å². The van der Waals surface area contributed by atoms with Gasteiger partial charge in [0.15, 0.2) is 5.96 Å². The number of oxazole rings is 1. The largest absolute Gasteiger partial charge is 0.444 e. The van der Waals surface area contributed by atoms with Crippen LogP contribution >= 0.6 is 0 Å². The van der Waals surface area contributed by atoms with Crippen LogP contribution in [0.15, 0.2) is 33.7 Å². The second kappa shape index (κ2) is 11.0. The molecule has 0 aliphatic rings. The first-order chi connectivity index (χ1) is 15.0. The summed E-state index contributed by atoms with van der Waals surface area (Å²) in [5, 5.41) is 9.42. The molecular weight excluding hydrogens is 406 g/mol. The summed E-state index contributed by atoms with van der Waals surface area (Å²) in [6, 6.07) is 7.94. The molecule has 0 fully saturated rings. The van der Waals surface area contributed by atoms with E-state index in [9.17, 15) is 4.79 Å². The second-order valence-electron chi connectivity index (χ2n) is 9.08. The Kier molecular flexibility index (Phi) is 8.69. The highest BCUT2D eigenvalue weighted by Gasteiger charge is 2.21. The normalized spacial score (nSPS) is 13.1.